The van der Waals surface area contributed by atoms with E-state index in [1.807, 2.05) is 35.9 Å². The molecule has 3 heteroatoms. The molecule has 0 amide bonds. The van der Waals surface area contributed by atoms with Gasteiger partial charge >= 0.3 is 0 Å². The highest BCUT2D eigenvalue weighted by atomic mass is 16.1. The van der Waals surface area contributed by atoms with Crippen LogP contribution >= 0.6 is 0 Å². The molecule has 0 saturated heterocycles. The number of fused-ring (bicyclic) bond motifs is 1. The normalized spacial score (nSPS) is 10.6. The highest BCUT2D eigenvalue weighted by molar-refractivity contribution is 5.96. The first-order valence-electron chi connectivity index (χ1n) is 4.77. The summed E-state index contributed by atoms with van der Waals surface area (Å²) >= 11 is 0. The molecule has 14 heavy (non-hydrogen) atoms. The second kappa shape index (κ2) is 3.62. The number of imidazole rings is 1. The zero-order chi connectivity index (χ0) is 9.97. The molecule has 0 radical (unpaired) electrons. The molecular formula is C11H12N2O. The van der Waals surface area contributed by atoms with Gasteiger partial charge in [0.15, 0.2) is 5.78 Å². The standard InChI is InChI=1S/C11H12N2O/c1-2-3-10(14)9-4-6-13-7-5-12-11(13)8-9/h4-8H,2-3H2,1H3. The summed E-state index contributed by atoms with van der Waals surface area (Å²) in [6, 6.07) is 3.67. The lowest BCUT2D eigenvalue weighted by Gasteiger charge is -1.99. The van der Waals surface area contributed by atoms with Crippen molar-refractivity contribution in [3.8, 4) is 0 Å². The minimum absolute atomic E-state index is 0.193. The van der Waals surface area contributed by atoms with Crippen LogP contribution in [0.4, 0.5) is 0 Å². The summed E-state index contributed by atoms with van der Waals surface area (Å²) in [6.07, 6.45) is 6.95. The third-order valence-electron chi connectivity index (χ3n) is 2.20. The van der Waals surface area contributed by atoms with Crippen LogP contribution in [0.3, 0.4) is 0 Å². The molecule has 72 valence electrons. The Bertz CT molecular complexity index is 459. The highest BCUT2D eigenvalue weighted by Gasteiger charge is 2.05. The first kappa shape index (κ1) is 8.94. The molecule has 0 unspecified atom stereocenters. The van der Waals surface area contributed by atoms with Crippen molar-refractivity contribution in [3.63, 3.8) is 0 Å². The van der Waals surface area contributed by atoms with E-state index in [0.717, 1.165) is 17.6 Å². The Hall–Kier alpha value is -1.64. The van der Waals surface area contributed by atoms with Crippen molar-refractivity contribution in [1.82, 2.24) is 9.38 Å². The molecule has 0 aromatic carbocycles. The lowest BCUT2D eigenvalue weighted by Crippen LogP contribution is -1.99. The van der Waals surface area contributed by atoms with E-state index in [-0.39, 0.29) is 5.78 Å². The highest BCUT2D eigenvalue weighted by Crippen LogP contribution is 2.08. The Morgan fingerprint density at radius 1 is 1.50 bits per heavy atom. The Kier molecular flexibility index (Phi) is 2.31. The van der Waals surface area contributed by atoms with Gasteiger partial charge < -0.3 is 4.40 Å². The van der Waals surface area contributed by atoms with Gasteiger partial charge in [0.25, 0.3) is 0 Å². The van der Waals surface area contributed by atoms with E-state index < -0.39 is 0 Å². The number of Topliss-reactive ketones (excluding diaryl/α,β-unsaturated/α-hetero) is 1. The fourth-order valence-corrected chi connectivity index (χ4v) is 1.46. The van der Waals surface area contributed by atoms with Crippen molar-refractivity contribution >= 4 is 11.4 Å². The van der Waals surface area contributed by atoms with E-state index in [0.29, 0.717) is 6.42 Å². The van der Waals surface area contributed by atoms with Gasteiger partial charge in [-0.25, -0.2) is 4.98 Å². The van der Waals surface area contributed by atoms with Crippen LogP contribution in [0.15, 0.2) is 30.7 Å². The summed E-state index contributed by atoms with van der Waals surface area (Å²) < 4.78 is 1.89. The van der Waals surface area contributed by atoms with E-state index >= 15 is 0 Å². The summed E-state index contributed by atoms with van der Waals surface area (Å²) in [5.74, 6) is 0.193. The van der Waals surface area contributed by atoms with E-state index in [9.17, 15) is 4.79 Å². The third kappa shape index (κ3) is 1.53. The largest absolute Gasteiger partial charge is 0.307 e. The number of pyridine rings is 1. The summed E-state index contributed by atoms with van der Waals surface area (Å²) in [6.45, 7) is 2.01. The number of rotatable bonds is 3. The molecule has 0 N–H and O–H groups in total. The number of hydrogen-bond donors (Lipinski definition) is 0. The van der Waals surface area contributed by atoms with Gasteiger partial charge in [-0.2, -0.15) is 0 Å². The Labute approximate surface area is 82.4 Å². The van der Waals surface area contributed by atoms with Crippen molar-refractivity contribution in [3.05, 3.63) is 36.3 Å². The number of aromatic nitrogens is 2. The molecule has 2 rings (SSSR count). The molecule has 0 aliphatic rings. The van der Waals surface area contributed by atoms with Gasteiger partial charge in [0.05, 0.1) is 0 Å². The predicted octanol–water partition coefficient (Wildman–Crippen LogP) is 2.32. The second-order valence-electron chi connectivity index (χ2n) is 3.28. The van der Waals surface area contributed by atoms with Gasteiger partial charge in [-0.15, -0.1) is 0 Å². The van der Waals surface area contributed by atoms with Crippen LogP contribution < -0.4 is 0 Å². The second-order valence-corrected chi connectivity index (χ2v) is 3.28. The molecule has 0 atom stereocenters. The molecule has 0 spiro atoms. The number of carbonyl (C=O) groups is 1. The maximum absolute atomic E-state index is 11.6. The van der Waals surface area contributed by atoms with Crippen LogP contribution in [-0.4, -0.2) is 15.2 Å². The Balaban J connectivity index is 2.38. The summed E-state index contributed by atoms with van der Waals surface area (Å²) in [4.78, 5) is 15.7. The van der Waals surface area contributed by atoms with E-state index in [1.165, 1.54) is 0 Å². The first-order chi connectivity index (χ1) is 6.81. The molecule has 0 bridgehead atoms. The van der Waals surface area contributed by atoms with E-state index in [2.05, 4.69) is 4.98 Å². The van der Waals surface area contributed by atoms with Gasteiger partial charge in [0.2, 0.25) is 0 Å². The van der Waals surface area contributed by atoms with Crippen LogP contribution in [0.2, 0.25) is 0 Å². The molecule has 0 saturated carbocycles. The Morgan fingerprint density at radius 3 is 3.14 bits per heavy atom. The fourth-order valence-electron chi connectivity index (χ4n) is 1.46. The maximum atomic E-state index is 11.6. The monoisotopic (exact) mass is 188 g/mol. The number of ketones is 1. The molecule has 3 nitrogen and oxygen atoms in total. The van der Waals surface area contributed by atoms with Crippen molar-refractivity contribution in [2.45, 2.75) is 19.8 Å². The van der Waals surface area contributed by atoms with Crippen LogP contribution in [0.5, 0.6) is 0 Å². The molecule has 2 aromatic heterocycles. The molecular weight excluding hydrogens is 176 g/mol. The van der Waals surface area contributed by atoms with Gasteiger partial charge in [-0.3, -0.25) is 4.79 Å². The molecule has 0 aliphatic heterocycles. The van der Waals surface area contributed by atoms with Crippen molar-refractivity contribution in [2.75, 3.05) is 0 Å². The maximum Gasteiger partial charge on any atom is 0.163 e. The summed E-state index contributed by atoms with van der Waals surface area (Å²) in [5, 5.41) is 0. The minimum Gasteiger partial charge on any atom is -0.307 e. The SMILES string of the molecule is CCCC(=O)c1ccn2ccnc2c1. The average Bonchev–Trinajstić information content (AvgIpc) is 2.64. The summed E-state index contributed by atoms with van der Waals surface area (Å²) in [7, 11) is 0. The zero-order valence-corrected chi connectivity index (χ0v) is 8.10. The molecule has 2 heterocycles. The van der Waals surface area contributed by atoms with Crippen molar-refractivity contribution in [2.24, 2.45) is 0 Å². The first-order valence-corrected chi connectivity index (χ1v) is 4.77. The molecule has 2 aromatic rings. The molecule has 0 fully saturated rings. The van der Waals surface area contributed by atoms with Crippen LogP contribution in [0.25, 0.3) is 5.65 Å². The van der Waals surface area contributed by atoms with Crippen molar-refractivity contribution < 1.29 is 4.79 Å². The van der Waals surface area contributed by atoms with Gasteiger partial charge in [0, 0.05) is 30.6 Å². The van der Waals surface area contributed by atoms with Gasteiger partial charge in [-0.1, -0.05) is 6.92 Å². The third-order valence-corrected chi connectivity index (χ3v) is 2.20. The Morgan fingerprint density at radius 2 is 2.36 bits per heavy atom. The van der Waals surface area contributed by atoms with Gasteiger partial charge in [-0.05, 0) is 18.6 Å². The van der Waals surface area contributed by atoms with E-state index in [4.69, 9.17) is 0 Å². The van der Waals surface area contributed by atoms with Crippen LogP contribution in [0, 0.1) is 0 Å². The quantitative estimate of drug-likeness (QED) is 0.693. The van der Waals surface area contributed by atoms with Crippen LogP contribution in [0.1, 0.15) is 30.1 Å². The topological polar surface area (TPSA) is 34.4 Å². The molecule has 0 aliphatic carbocycles. The van der Waals surface area contributed by atoms with E-state index in [1.54, 1.807) is 6.20 Å². The summed E-state index contributed by atoms with van der Waals surface area (Å²) in [5.41, 5.74) is 1.58. The van der Waals surface area contributed by atoms with Crippen LogP contribution in [-0.2, 0) is 0 Å². The van der Waals surface area contributed by atoms with Gasteiger partial charge in [0.1, 0.15) is 5.65 Å². The van der Waals surface area contributed by atoms with Crippen molar-refractivity contribution in [1.29, 1.82) is 0 Å². The lowest BCUT2D eigenvalue weighted by molar-refractivity contribution is 0.0981. The average molecular weight is 188 g/mol. The zero-order valence-electron chi connectivity index (χ0n) is 8.10. The fraction of sp³-hybridized carbons (Fsp3) is 0.273. The number of hydrogen-bond acceptors (Lipinski definition) is 2. The smallest absolute Gasteiger partial charge is 0.163 e. The lowest BCUT2D eigenvalue weighted by atomic mass is 10.1. The number of carbonyl (C=O) groups excluding carboxylic acids is 1. The number of nitrogens with zero attached hydrogens (tertiary/aromatic N) is 2. The minimum atomic E-state index is 0.193. The predicted molar refractivity (Wildman–Crippen MR) is 54.4 cm³/mol.